The molecule has 30 heavy (non-hydrogen) atoms. The van der Waals surface area contributed by atoms with Crippen LogP contribution in [-0.4, -0.2) is 21.7 Å². The molecule has 6 nitrogen and oxygen atoms in total. The standard InChI is InChI=1S/C22H15Cl2N3O3/c23-16-9-25-10-17(24)22(16)27-11-18(26-20(29)12-28)15-7-4-8-19(21(15)27)30-13-14-5-2-1-3-6-14/h1-12H,13H2,(H,26,29). The smallest absolute Gasteiger partial charge is 0.288 e. The van der Waals surface area contributed by atoms with E-state index in [1.807, 2.05) is 42.5 Å². The summed E-state index contributed by atoms with van der Waals surface area (Å²) in [4.78, 5) is 26.6. The summed E-state index contributed by atoms with van der Waals surface area (Å²) in [5, 5.41) is 3.90. The minimum absolute atomic E-state index is 0.214. The van der Waals surface area contributed by atoms with E-state index in [0.29, 0.717) is 44.7 Å². The zero-order valence-corrected chi connectivity index (χ0v) is 17.0. The van der Waals surface area contributed by atoms with Crippen LogP contribution < -0.4 is 10.1 Å². The van der Waals surface area contributed by atoms with Gasteiger partial charge in [-0.3, -0.25) is 14.6 Å². The Morgan fingerprint density at radius 2 is 1.80 bits per heavy atom. The van der Waals surface area contributed by atoms with Gasteiger partial charge in [-0.1, -0.05) is 65.7 Å². The van der Waals surface area contributed by atoms with Gasteiger partial charge >= 0.3 is 0 Å². The number of amides is 1. The molecule has 0 aliphatic carbocycles. The minimum Gasteiger partial charge on any atom is -0.487 e. The second-order valence-corrected chi connectivity index (χ2v) is 7.21. The third-order valence-corrected chi connectivity index (χ3v) is 5.01. The largest absolute Gasteiger partial charge is 0.487 e. The minimum atomic E-state index is -0.767. The highest BCUT2D eigenvalue weighted by Gasteiger charge is 2.19. The highest BCUT2D eigenvalue weighted by atomic mass is 35.5. The predicted octanol–water partition coefficient (Wildman–Crippen LogP) is 5.05. The fraction of sp³-hybridized carbons (Fsp3) is 0.0455. The Balaban J connectivity index is 1.88. The second kappa shape index (κ2) is 8.57. The van der Waals surface area contributed by atoms with Crippen molar-refractivity contribution in [3.8, 4) is 11.4 Å². The van der Waals surface area contributed by atoms with Crippen LogP contribution in [0.1, 0.15) is 5.56 Å². The van der Waals surface area contributed by atoms with Gasteiger partial charge in [0.25, 0.3) is 5.91 Å². The SMILES string of the molecule is O=CC(=O)Nc1cn(-c2c(Cl)cncc2Cl)c2c(OCc3ccccc3)cccc12. The summed E-state index contributed by atoms with van der Waals surface area (Å²) in [6.45, 7) is 0.346. The number of carbonyl (C=O) groups is 2. The Kier molecular flexibility index (Phi) is 5.70. The van der Waals surface area contributed by atoms with Crippen molar-refractivity contribution < 1.29 is 14.3 Å². The number of rotatable bonds is 6. The Hall–Kier alpha value is -3.35. The molecular formula is C22H15Cl2N3O3. The summed E-state index contributed by atoms with van der Waals surface area (Å²) in [6.07, 6.45) is 4.82. The van der Waals surface area contributed by atoms with Gasteiger partial charge in [0.05, 0.1) is 26.9 Å². The van der Waals surface area contributed by atoms with Crippen LogP contribution in [0.15, 0.2) is 67.1 Å². The number of aromatic nitrogens is 2. The van der Waals surface area contributed by atoms with Crippen molar-refractivity contribution in [1.82, 2.24) is 9.55 Å². The molecule has 0 saturated carbocycles. The molecule has 1 amide bonds. The monoisotopic (exact) mass is 439 g/mol. The maximum atomic E-state index is 11.7. The highest BCUT2D eigenvalue weighted by molar-refractivity contribution is 6.37. The quantitative estimate of drug-likeness (QED) is 0.337. The highest BCUT2D eigenvalue weighted by Crippen LogP contribution is 2.39. The number of aldehydes is 1. The van der Waals surface area contributed by atoms with Crippen LogP contribution in [0.25, 0.3) is 16.6 Å². The molecule has 0 bridgehead atoms. The van der Waals surface area contributed by atoms with Gasteiger partial charge in [-0.2, -0.15) is 0 Å². The van der Waals surface area contributed by atoms with Gasteiger partial charge in [-0.05, 0) is 11.6 Å². The number of anilines is 1. The zero-order chi connectivity index (χ0) is 21.1. The van der Waals surface area contributed by atoms with Crippen LogP contribution in [-0.2, 0) is 16.2 Å². The molecule has 0 spiro atoms. The first-order valence-electron chi connectivity index (χ1n) is 8.95. The molecule has 150 valence electrons. The molecule has 0 radical (unpaired) electrons. The van der Waals surface area contributed by atoms with E-state index >= 15 is 0 Å². The Morgan fingerprint density at radius 3 is 2.50 bits per heavy atom. The Morgan fingerprint density at radius 1 is 1.07 bits per heavy atom. The van der Waals surface area contributed by atoms with Crippen LogP contribution in [0.4, 0.5) is 5.69 Å². The van der Waals surface area contributed by atoms with Crippen molar-refractivity contribution in [2.45, 2.75) is 6.61 Å². The molecule has 2 aromatic carbocycles. The van der Waals surface area contributed by atoms with Crippen LogP contribution in [0.2, 0.25) is 10.0 Å². The van der Waals surface area contributed by atoms with Crippen molar-refractivity contribution in [3.63, 3.8) is 0 Å². The van der Waals surface area contributed by atoms with E-state index in [1.54, 1.807) is 16.8 Å². The normalized spacial score (nSPS) is 10.7. The molecule has 0 saturated heterocycles. The summed E-state index contributed by atoms with van der Waals surface area (Å²) in [5.74, 6) is -0.205. The summed E-state index contributed by atoms with van der Waals surface area (Å²) < 4.78 is 7.81. The first-order valence-corrected chi connectivity index (χ1v) is 9.70. The number of halogens is 2. The number of hydrogen-bond acceptors (Lipinski definition) is 4. The molecule has 1 N–H and O–H groups in total. The van der Waals surface area contributed by atoms with Crippen molar-refractivity contribution in [2.24, 2.45) is 0 Å². The number of nitrogens with zero attached hydrogens (tertiary/aromatic N) is 2. The lowest BCUT2D eigenvalue weighted by Crippen LogP contribution is -2.11. The topological polar surface area (TPSA) is 73.2 Å². The maximum absolute atomic E-state index is 11.7. The summed E-state index contributed by atoms with van der Waals surface area (Å²) in [6, 6.07) is 15.2. The molecule has 4 rings (SSSR count). The number of nitrogens with one attached hydrogen (secondary N) is 1. The van der Waals surface area contributed by atoms with Crippen molar-refractivity contribution in [3.05, 3.63) is 82.7 Å². The van der Waals surface area contributed by atoms with Gasteiger partial charge in [0.1, 0.15) is 12.4 Å². The lowest BCUT2D eigenvalue weighted by molar-refractivity contribution is -0.127. The average Bonchev–Trinajstić information content (AvgIpc) is 3.11. The molecule has 4 aromatic rings. The third-order valence-electron chi connectivity index (χ3n) is 4.46. The summed E-state index contributed by atoms with van der Waals surface area (Å²) >= 11 is 12.8. The molecule has 0 atom stereocenters. The van der Waals surface area contributed by atoms with Crippen LogP contribution in [0.3, 0.4) is 0 Å². The van der Waals surface area contributed by atoms with E-state index in [4.69, 9.17) is 27.9 Å². The average molecular weight is 440 g/mol. The molecule has 0 unspecified atom stereocenters. The lowest BCUT2D eigenvalue weighted by Gasteiger charge is -2.13. The molecule has 0 fully saturated rings. The van der Waals surface area contributed by atoms with Crippen LogP contribution in [0, 0.1) is 0 Å². The number of benzene rings is 2. The van der Waals surface area contributed by atoms with Gasteiger partial charge in [-0.25, -0.2) is 0 Å². The number of ether oxygens (including phenoxy) is 1. The lowest BCUT2D eigenvalue weighted by atomic mass is 10.2. The number of carbonyl (C=O) groups excluding carboxylic acids is 2. The van der Waals surface area contributed by atoms with E-state index < -0.39 is 5.91 Å². The Bertz CT molecular complexity index is 1220. The van der Waals surface area contributed by atoms with Gasteiger partial charge < -0.3 is 14.6 Å². The third kappa shape index (κ3) is 3.87. The van der Waals surface area contributed by atoms with Gasteiger partial charge in [-0.15, -0.1) is 0 Å². The van der Waals surface area contributed by atoms with Crippen LogP contribution >= 0.6 is 23.2 Å². The number of hydrogen-bond donors (Lipinski definition) is 1. The fourth-order valence-electron chi connectivity index (χ4n) is 3.18. The number of pyridine rings is 1. The van der Waals surface area contributed by atoms with Gasteiger partial charge in [0.2, 0.25) is 6.29 Å². The Labute approximate surface area is 182 Å². The molecular weight excluding hydrogens is 425 g/mol. The van der Waals surface area contributed by atoms with Gasteiger partial charge in [0, 0.05) is 24.0 Å². The molecule has 2 aromatic heterocycles. The predicted molar refractivity (Wildman–Crippen MR) is 117 cm³/mol. The molecule has 8 heteroatoms. The van der Waals surface area contributed by atoms with Crippen molar-refractivity contribution in [1.29, 1.82) is 0 Å². The summed E-state index contributed by atoms with van der Waals surface area (Å²) in [7, 11) is 0. The molecule has 2 heterocycles. The van der Waals surface area contributed by atoms with E-state index in [0.717, 1.165) is 5.56 Å². The van der Waals surface area contributed by atoms with E-state index in [9.17, 15) is 9.59 Å². The summed E-state index contributed by atoms with van der Waals surface area (Å²) in [5.41, 5.74) is 2.56. The number of para-hydroxylation sites is 1. The van der Waals surface area contributed by atoms with Gasteiger partial charge in [0.15, 0.2) is 0 Å². The molecule has 0 aliphatic heterocycles. The maximum Gasteiger partial charge on any atom is 0.288 e. The first-order chi connectivity index (χ1) is 14.6. The van der Waals surface area contributed by atoms with E-state index in [-0.39, 0.29) is 6.29 Å². The second-order valence-electron chi connectivity index (χ2n) is 6.40. The number of fused-ring (bicyclic) bond motifs is 1. The fourth-order valence-corrected chi connectivity index (χ4v) is 3.72. The zero-order valence-electron chi connectivity index (χ0n) is 15.5. The van der Waals surface area contributed by atoms with Crippen molar-refractivity contribution in [2.75, 3.05) is 5.32 Å². The van der Waals surface area contributed by atoms with E-state index in [1.165, 1.54) is 12.4 Å². The first kappa shape index (κ1) is 19.9. The van der Waals surface area contributed by atoms with Crippen molar-refractivity contribution >= 4 is 52.0 Å². The van der Waals surface area contributed by atoms with Crippen LogP contribution in [0.5, 0.6) is 5.75 Å². The van der Waals surface area contributed by atoms with E-state index in [2.05, 4.69) is 10.3 Å². The molecule has 0 aliphatic rings.